The zero-order chi connectivity index (χ0) is 25.9. The van der Waals surface area contributed by atoms with Crippen molar-refractivity contribution < 1.29 is 0 Å². The van der Waals surface area contributed by atoms with Crippen molar-refractivity contribution in [1.29, 1.82) is 0 Å². The molecule has 10 aromatic rings. The maximum atomic E-state index is 4.70. The Kier molecular flexibility index (Phi) is 4.10. The van der Waals surface area contributed by atoms with Crippen LogP contribution in [0.2, 0.25) is 0 Å². The Balaban J connectivity index is 1.56. The van der Waals surface area contributed by atoms with Gasteiger partial charge < -0.3 is 4.57 Å². The van der Waals surface area contributed by atoms with E-state index in [1.54, 1.807) is 17.7 Å². The number of thiophene rings is 3. The fourth-order valence-electron chi connectivity index (χ4n) is 6.58. The highest BCUT2D eigenvalue weighted by atomic mass is 32.1. The number of benzene rings is 5. The highest BCUT2D eigenvalue weighted by Crippen LogP contribution is 2.52. The average molecular weight is 564 g/mol. The van der Waals surface area contributed by atoms with Crippen LogP contribution in [-0.2, 0) is 0 Å². The Bertz CT molecular complexity index is 2670. The van der Waals surface area contributed by atoms with Crippen LogP contribution in [0.15, 0.2) is 104 Å². The quantitative estimate of drug-likeness (QED) is 0.199. The summed E-state index contributed by atoms with van der Waals surface area (Å²) in [5.74, 6) is 0. The van der Waals surface area contributed by atoms with E-state index in [-0.39, 0.29) is 0 Å². The van der Waals surface area contributed by atoms with Crippen molar-refractivity contribution in [3.05, 3.63) is 104 Å². The molecule has 40 heavy (non-hydrogen) atoms. The summed E-state index contributed by atoms with van der Waals surface area (Å²) in [6.45, 7) is 0. The SMILES string of the molecule is c1ccc2c(c1)sc1c(-n3c4ccccc4c4c5c6cncnc6sc5c5sc6ccccc6c5c43)cccc12. The molecule has 5 aromatic carbocycles. The zero-order valence-corrected chi connectivity index (χ0v) is 23.3. The molecule has 0 aliphatic carbocycles. The molecule has 0 bridgehead atoms. The van der Waals surface area contributed by atoms with Gasteiger partial charge in [-0.05, 0) is 24.3 Å². The fraction of sp³-hybridized carbons (Fsp3) is 0. The summed E-state index contributed by atoms with van der Waals surface area (Å²) in [5, 5.41) is 10.2. The van der Waals surface area contributed by atoms with Gasteiger partial charge in [-0.2, -0.15) is 0 Å². The largest absolute Gasteiger partial charge is 0.307 e. The summed E-state index contributed by atoms with van der Waals surface area (Å²) >= 11 is 5.57. The van der Waals surface area contributed by atoms with Crippen LogP contribution in [0.25, 0.3) is 88.1 Å². The molecule has 186 valence electrons. The van der Waals surface area contributed by atoms with E-state index in [2.05, 4.69) is 101 Å². The summed E-state index contributed by atoms with van der Waals surface area (Å²) in [5.41, 5.74) is 3.73. The normalized spacial score (nSPS) is 12.5. The molecule has 0 radical (unpaired) electrons. The van der Waals surface area contributed by atoms with Crippen molar-refractivity contribution in [2.75, 3.05) is 0 Å². The van der Waals surface area contributed by atoms with Crippen molar-refractivity contribution in [2.24, 2.45) is 0 Å². The molecular weight excluding hydrogens is 547 g/mol. The number of nitrogens with zero attached hydrogens (tertiary/aromatic N) is 3. The van der Waals surface area contributed by atoms with E-state index in [0.29, 0.717) is 0 Å². The molecule has 0 saturated carbocycles. The molecule has 0 N–H and O–H groups in total. The van der Waals surface area contributed by atoms with Crippen molar-refractivity contribution in [2.45, 2.75) is 0 Å². The van der Waals surface area contributed by atoms with Crippen LogP contribution in [-0.4, -0.2) is 14.5 Å². The predicted molar refractivity (Wildman–Crippen MR) is 175 cm³/mol. The average Bonchev–Trinajstić information content (AvgIpc) is 3.75. The number of para-hydroxylation sites is 1. The van der Waals surface area contributed by atoms with Gasteiger partial charge in [-0.15, -0.1) is 34.0 Å². The summed E-state index contributed by atoms with van der Waals surface area (Å²) in [7, 11) is 0. The number of fused-ring (bicyclic) bond motifs is 15. The molecule has 0 aliphatic rings. The molecule has 0 fully saturated rings. The highest BCUT2D eigenvalue weighted by molar-refractivity contribution is 7.33. The van der Waals surface area contributed by atoms with Gasteiger partial charge in [0.2, 0.25) is 0 Å². The maximum absolute atomic E-state index is 4.70. The van der Waals surface area contributed by atoms with Gasteiger partial charge in [-0.1, -0.05) is 66.7 Å². The Labute approximate surface area is 239 Å². The highest BCUT2D eigenvalue weighted by Gasteiger charge is 2.25. The van der Waals surface area contributed by atoms with Crippen molar-refractivity contribution in [1.82, 2.24) is 14.5 Å². The van der Waals surface area contributed by atoms with Crippen LogP contribution in [0.1, 0.15) is 0 Å². The van der Waals surface area contributed by atoms with Crippen molar-refractivity contribution in [3.63, 3.8) is 0 Å². The third-order valence-corrected chi connectivity index (χ3v) is 11.8. The molecule has 3 nitrogen and oxygen atoms in total. The monoisotopic (exact) mass is 563 g/mol. The topological polar surface area (TPSA) is 30.7 Å². The predicted octanol–water partition coefficient (Wildman–Crippen LogP) is 10.7. The first kappa shape index (κ1) is 21.5. The summed E-state index contributed by atoms with van der Waals surface area (Å²) < 4.78 is 9.13. The molecule has 0 unspecified atom stereocenters. The molecule has 0 aliphatic heterocycles. The Morgan fingerprint density at radius 3 is 2.12 bits per heavy atom. The summed E-state index contributed by atoms with van der Waals surface area (Å²) in [6, 6.07) is 33.3. The van der Waals surface area contributed by atoms with Gasteiger partial charge in [-0.3, -0.25) is 0 Å². The van der Waals surface area contributed by atoms with E-state index in [4.69, 9.17) is 4.98 Å². The van der Waals surface area contributed by atoms with Gasteiger partial charge in [-0.25, -0.2) is 9.97 Å². The number of hydrogen-bond acceptors (Lipinski definition) is 5. The zero-order valence-electron chi connectivity index (χ0n) is 20.9. The number of rotatable bonds is 1. The van der Waals surface area contributed by atoms with Crippen LogP contribution < -0.4 is 0 Å². The Hall–Kier alpha value is -4.36. The molecule has 0 saturated heterocycles. The fourth-order valence-corrected chi connectivity index (χ4v) is 10.3. The summed E-state index contributed by atoms with van der Waals surface area (Å²) in [6.07, 6.45) is 3.67. The first-order chi connectivity index (χ1) is 19.9. The minimum Gasteiger partial charge on any atom is -0.307 e. The van der Waals surface area contributed by atoms with Crippen LogP contribution in [0, 0.1) is 0 Å². The van der Waals surface area contributed by atoms with Crippen LogP contribution in [0.3, 0.4) is 0 Å². The van der Waals surface area contributed by atoms with Crippen molar-refractivity contribution >= 4 is 116 Å². The van der Waals surface area contributed by atoms with Crippen LogP contribution in [0.5, 0.6) is 0 Å². The van der Waals surface area contributed by atoms with Crippen molar-refractivity contribution in [3.8, 4) is 5.69 Å². The second kappa shape index (κ2) is 7.64. The van der Waals surface area contributed by atoms with E-state index in [0.717, 1.165) is 10.2 Å². The first-order valence-electron chi connectivity index (χ1n) is 13.2. The lowest BCUT2D eigenvalue weighted by atomic mass is 10.0. The minimum atomic E-state index is 1.04. The lowest BCUT2D eigenvalue weighted by molar-refractivity contribution is 1.21. The lowest BCUT2D eigenvalue weighted by Gasteiger charge is -2.11. The molecule has 5 aromatic heterocycles. The third kappa shape index (κ3) is 2.59. The number of aromatic nitrogens is 3. The standard InChI is InChI=1S/C34H17N3S3/c1-4-12-23-20(9-1)27-28-22-16-35-17-36-34(22)40-32(28)33-29(21-10-3-6-15-26(21)39-33)30(27)37(23)24-13-7-11-19-18-8-2-5-14-25(18)38-31(19)24/h1-17H. The second-order valence-electron chi connectivity index (χ2n) is 10.2. The third-order valence-electron chi connectivity index (χ3n) is 8.16. The first-order valence-corrected chi connectivity index (χ1v) is 15.6. The van der Waals surface area contributed by atoms with E-state index in [1.165, 1.54) is 77.9 Å². The van der Waals surface area contributed by atoms with E-state index in [9.17, 15) is 0 Å². The Morgan fingerprint density at radius 1 is 0.525 bits per heavy atom. The molecule has 0 atom stereocenters. The molecule has 6 heteroatoms. The van der Waals surface area contributed by atoms with Gasteiger partial charge in [0.1, 0.15) is 11.2 Å². The Morgan fingerprint density at radius 2 is 1.23 bits per heavy atom. The lowest BCUT2D eigenvalue weighted by Crippen LogP contribution is -1.94. The van der Waals surface area contributed by atoms with Crippen LogP contribution >= 0.6 is 34.0 Å². The van der Waals surface area contributed by atoms with E-state index in [1.807, 2.05) is 28.9 Å². The van der Waals surface area contributed by atoms with E-state index < -0.39 is 0 Å². The minimum absolute atomic E-state index is 1.04. The molecule has 0 amide bonds. The molecule has 10 rings (SSSR count). The van der Waals surface area contributed by atoms with Gasteiger partial charge >= 0.3 is 0 Å². The number of hydrogen-bond donors (Lipinski definition) is 0. The molecule has 0 spiro atoms. The van der Waals surface area contributed by atoms with Gasteiger partial charge in [0.15, 0.2) is 0 Å². The second-order valence-corrected chi connectivity index (χ2v) is 13.3. The van der Waals surface area contributed by atoms with Gasteiger partial charge in [0, 0.05) is 58.7 Å². The van der Waals surface area contributed by atoms with Crippen LogP contribution in [0.4, 0.5) is 0 Å². The smallest absolute Gasteiger partial charge is 0.127 e. The van der Waals surface area contributed by atoms with Gasteiger partial charge in [0.25, 0.3) is 0 Å². The molecule has 5 heterocycles. The van der Waals surface area contributed by atoms with E-state index >= 15 is 0 Å². The van der Waals surface area contributed by atoms with Gasteiger partial charge in [0.05, 0.1) is 30.8 Å². The summed E-state index contributed by atoms with van der Waals surface area (Å²) in [4.78, 5) is 10.2. The maximum Gasteiger partial charge on any atom is 0.127 e. The molecular formula is C34H17N3S3.